The molecule has 2 aromatic heterocycles. The molecule has 130 valence electrons. The lowest BCUT2D eigenvalue weighted by molar-refractivity contribution is 0.151. The molecule has 6 nitrogen and oxygen atoms in total. The fourth-order valence-corrected chi connectivity index (χ4v) is 3.47. The summed E-state index contributed by atoms with van der Waals surface area (Å²) in [5, 5.41) is 8.80. The molecule has 0 unspecified atom stereocenters. The van der Waals surface area contributed by atoms with Gasteiger partial charge in [-0.1, -0.05) is 6.07 Å². The van der Waals surface area contributed by atoms with E-state index < -0.39 is 0 Å². The average Bonchev–Trinajstić information content (AvgIpc) is 3.27. The van der Waals surface area contributed by atoms with Crippen LogP contribution in [0.2, 0.25) is 0 Å². The topological polar surface area (TPSA) is 51.8 Å². The number of aromatic nitrogens is 5. The third-order valence-electron chi connectivity index (χ3n) is 4.62. The van der Waals surface area contributed by atoms with E-state index in [0.29, 0.717) is 5.92 Å². The Bertz CT molecular complexity index is 813. The maximum Gasteiger partial charge on any atom is 0.137 e. The van der Waals surface area contributed by atoms with Crippen molar-refractivity contribution in [2.45, 2.75) is 25.9 Å². The number of rotatable bonds is 5. The Hall–Kier alpha value is -2.54. The van der Waals surface area contributed by atoms with Crippen molar-refractivity contribution in [2.75, 3.05) is 13.1 Å². The fraction of sp³-hybridized carbons (Fsp3) is 0.389. The van der Waals surface area contributed by atoms with E-state index in [1.54, 1.807) is 23.4 Å². The predicted molar refractivity (Wildman–Crippen MR) is 91.5 cm³/mol. The quantitative estimate of drug-likeness (QED) is 0.716. The van der Waals surface area contributed by atoms with E-state index in [4.69, 9.17) is 0 Å². The van der Waals surface area contributed by atoms with Gasteiger partial charge in [0.15, 0.2) is 0 Å². The fourth-order valence-electron chi connectivity index (χ4n) is 3.47. The van der Waals surface area contributed by atoms with Crippen LogP contribution in [0.3, 0.4) is 0 Å². The van der Waals surface area contributed by atoms with Gasteiger partial charge in [-0.15, -0.1) is 0 Å². The molecule has 3 aromatic rings. The molecule has 1 aliphatic rings. The molecule has 1 aromatic carbocycles. The van der Waals surface area contributed by atoms with Crippen molar-refractivity contribution in [3.8, 4) is 5.69 Å². The van der Waals surface area contributed by atoms with Crippen LogP contribution in [-0.2, 0) is 13.1 Å². The number of halogens is 1. The van der Waals surface area contributed by atoms with Gasteiger partial charge in [-0.05, 0) is 49.6 Å². The molecule has 0 saturated carbocycles. The van der Waals surface area contributed by atoms with Gasteiger partial charge in [0.05, 0.1) is 11.4 Å². The molecule has 1 atom stereocenters. The second kappa shape index (κ2) is 7.14. The second-order valence-electron chi connectivity index (χ2n) is 6.59. The number of likely N-dealkylation sites (tertiary alicyclic amines) is 1. The molecule has 4 rings (SSSR count). The van der Waals surface area contributed by atoms with Crippen LogP contribution in [0.1, 0.15) is 18.5 Å². The highest BCUT2D eigenvalue weighted by Crippen LogP contribution is 2.20. The van der Waals surface area contributed by atoms with Crippen LogP contribution in [0.5, 0.6) is 0 Å². The van der Waals surface area contributed by atoms with E-state index in [1.807, 2.05) is 23.0 Å². The number of hydrogen-bond donors (Lipinski definition) is 0. The minimum absolute atomic E-state index is 0.249. The summed E-state index contributed by atoms with van der Waals surface area (Å²) < 4.78 is 17.0. The summed E-state index contributed by atoms with van der Waals surface area (Å²) in [7, 11) is 0. The minimum atomic E-state index is -0.249. The third-order valence-corrected chi connectivity index (χ3v) is 4.62. The monoisotopic (exact) mass is 340 g/mol. The summed E-state index contributed by atoms with van der Waals surface area (Å²) >= 11 is 0. The van der Waals surface area contributed by atoms with Crippen molar-refractivity contribution in [1.29, 1.82) is 0 Å². The molecule has 0 spiro atoms. The van der Waals surface area contributed by atoms with Crippen LogP contribution in [0.25, 0.3) is 5.69 Å². The zero-order chi connectivity index (χ0) is 17.1. The predicted octanol–water partition coefficient (Wildman–Crippen LogP) is 2.52. The first-order valence-electron chi connectivity index (χ1n) is 8.61. The first-order valence-corrected chi connectivity index (χ1v) is 8.61. The summed E-state index contributed by atoms with van der Waals surface area (Å²) in [6.07, 6.45) is 7.65. The second-order valence-corrected chi connectivity index (χ2v) is 6.59. The maximum absolute atomic E-state index is 13.4. The normalized spacial score (nSPS) is 18.5. The van der Waals surface area contributed by atoms with E-state index in [1.165, 1.54) is 25.0 Å². The lowest BCUT2D eigenvalue weighted by atomic mass is 9.98. The summed E-state index contributed by atoms with van der Waals surface area (Å²) in [5.74, 6) is 0.335. The molecular formula is C18H21FN6. The van der Waals surface area contributed by atoms with Crippen LogP contribution < -0.4 is 0 Å². The van der Waals surface area contributed by atoms with Gasteiger partial charge in [-0.3, -0.25) is 9.58 Å². The Kier molecular flexibility index (Phi) is 4.56. The largest absolute Gasteiger partial charge is 0.297 e. The molecule has 1 saturated heterocycles. The average molecular weight is 340 g/mol. The molecule has 1 aliphatic heterocycles. The molecule has 0 aliphatic carbocycles. The van der Waals surface area contributed by atoms with Crippen LogP contribution in [0.4, 0.5) is 4.39 Å². The molecule has 0 bridgehead atoms. The van der Waals surface area contributed by atoms with E-state index in [0.717, 1.165) is 37.6 Å². The molecule has 0 radical (unpaired) electrons. The lowest BCUT2D eigenvalue weighted by Gasteiger charge is -2.32. The molecule has 0 amide bonds. The minimum Gasteiger partial charge on any atom is -0.297 e. The zero-order valence-corrected chi connectivity index (χ0v) is 14.0. The molecule has 25 heavy (non-hydrogen) atoms. The van der Waals surface area contributed by atoms with Crippen LogP contribution in [0, 0.1) is 11.7 Å². The van der Waals surface area contributed by atoms with Gasteiger partial charge in [-0.25, -0.2) is 14.1 Å². The van der Waals surface area contributed by atoms with Crippen molar-refractivity contribution in [3.63, 3.8) is 0 Å². The van der Waals surface area contributed by atoms with Gasteiger partial charge < -0.3 is 0 Å². The van der Waals surface area contributed by atoms with Crippen LogP contribution in [0.15, 0.2) is 49.2 Å². The van der Waals surface area contributed by atoms with Gasteiger partial charge in [-0.2, -0.15) is 10.2 Å². The first kappa shape index (κ1) is 16.0. The molecule has 0 N–H and O–H groups in total. The zero-order valence-electron chi connectivity index (χ0n) is 14.0. The summed E-state index contributed by atoms with van der Waals surface area (Å²) in [6.45, 7) is 3.85. The summed E-state index contributed by atoms with van der Waals surface area (Å²) in [6, 6.07) is 8.50. The third kappa shape index (κ3) is 3.93. The Morgan fingerprint density at radius 3 is 3.04 bits per heavy atom. The summed E-state index contributed by atoms with van der Waals surface area (Å²) in [4.78, 5) is 6.44. The summed E-state index contributed by atoms with van der Waals surface area (Å²) in [5.41, 5.74) is 1.75. The number of hydrogen-bond acceptors (Lipinski definition) is 4. The first-order chi connectivity index (χ1) is 12.3. The van der Waals surface area contributed by atoms with Crippen LogP contribution >= 0.6 is 0 Å². The molecule has 1 fully saturated rings. The standard InChI is InChI=1S/C18H21FN6/c19-16-4-1-5-18(9-16)25-8-6-17(22-25)12-23-7-2-3-15(10-23)11-24-14-20-13-21-24/h1,4-6,8-9,13-15H,2-3,7,10-12H2/t15-/m1/s1. The van der Waals surface area contributed by atoms with Crippen molar-refractivity contribution in [2.24, 2.45) is 5.92 Å². The van der Waals surface area contributed by atoms with Crippen molar-refractivity contribution in [1.82, 2.24) is 29.4 Å². The molecule has 7 heteroatoms. The van der Waals surface area contributed by atoms with Gasteiger partial charge >= 0.3 is 0 Å². The van der Waals surface area contributed by atoms with Crippen molar-refractivity contribution in [3.05, 3.63) is 60.7 Å². The van der Waals surface area contributed by atoms with Crippen molar-refractivity contribution < 1.29 is 4.39 Å². The van der Waals surface area contributed by atoms with E-state index in [9.17, 15) is 4.39 Å². The van der Waals surface area contributed by atoms with Gasteiger partial charge in [0.25, 0.3) is 0 Å². The Morgan fingerprint density at radius 2 is 2.20 bits per heavy atom. The Morgan fingerprint density at radius 1 is 1.24 bits per heavy atom. The molecular weight excluding hydrogens is 319 g/mol. The number of piperidine rings is 1. The SMILES string of the molecule is Fc1cccc(-n2ccc(CN3CCC[C@@H](Cn4cncn4)C3)n2)c1. The van der Waals surface area contributed by atoms with E-state index in [2.05, 4.69) is 20.1 Å². The van der Waals surface area contributed by atoms with Gasteiger partial charge in [0.1, 0.15) is 18.5 Å². The Labute approximate surface area is 145 Å². The van der Waals surface area contributed by atoms with E-state index >= 15 is 0 Å². The molecule has 3 heterocycles. The van der Waals surface area contributed by atoms with Gasteiger partial charge in [0.2, 0.25) is 0 Å². The maximum atomic E-state index is 13.4. The van der Waals surface area contributed by atoms with Crippen molar-refractivity contribution >= 4 is 0 Å². The Balaban J connectivity index is 1.38. The smallest absolute Gasteiger partial charge is 0.137 e. The van der Waals surface area contributed by atoms with E-state index in [-0.39, 0.29) is 5.82 Å². The van der Waals surface area contributed by atoms with Crippen LogP contribution in [-0.4, -0.2) is 42.5 Å². The number of nitrogens with zero attached hydrogens (tertiary/aromatic N) is 6. The van der Waals surface area contributed by atoms with Gasteiger partial charge in [0, 0.05) is 25.8 Å². The number of benzene rings is 1. The highest BCUT2D eigenvalue weighted by Gasteiger charge is 2.21. The highest BCUT2D eigenvalue weighted by atomic mass is 19.1. The lowest BCUT2D eigenvalue weighted by Crippen LogP contribution is -2.36. The highest BCUT2D eigenvalue weighted by molar-refractivity contribution is 5.31.